The molecule has 1 aromatic heterocycles. The number of aromatic carboxylic acids is 1. The maximum absolute atomic E-state index is 13.2. The summed E-state index contributed by atoms with van der Waals surface area (Å²) in [5, 5.41) is 9.23. The number of benzene rings is 1. The van der Waals surface area contributed by atoms with Gasteiger partial charge in [0.1, 0.15) is 5.82 Å². The van der Waals surface area contributed by atoms with Crippen molar-refractivity contribution in [1.82, 2.24) is 4.98 Å². The lowest BCUT2D eigenvalue weighted by Gasteiger charge is -2.00. The molecule has 0 saturated carbocycles. The summed E-state index contributed by atoms with van der Waals surface area (Å²) < 4.78 is 13.2. The third-order valence-electron chi connectivity index (χ3n) is 1.97. The standard InChI is InChI=1S/C10H6ClFN2O2S/c11-5-1-4(2-6(12)3-5)8-7(9(15)16)14-10(13)17-8/h1-3H,(H2,13,14)(H,15,16). The topological polar surface area (TPSA) is 76.2 Å². The van der Waals surface area contributed by atoms with Gasteiger partial charge in [0.05, 0.1) is 4.88 Å². The summed E-state index contributed by atoms with van der Waals surface area (Å²) in [6, 6.07) is 3.78. The molecule has 88 valence electrons. The number of carbonyl (C=O) groups is 1. The Morgan fingerprint density at radius 1 is 1.47 bits per heavy atom. The van der Waals surface area contributed by atoms with Gasteiger partial charge in [0.15, 0.2) is 10.8 Å². The van der Waals surface area contributed by atoms with E-state index < -0.39 is 11.8 Å². The molecule has 0 bridgehead atoms. The molecule has 0 unspecified atom stereocenters. The van der Waals surface area contributed by atoms with Crippen LogP contribution in [0.1, 0.15) is 10.5 Å². The van der Waals surface area contributed by atoms with E-state index in [4.69, 9.17) is 22.4 Å². The van der Waals surface area contributed by atoms with E-state index in [-0.39, 0.29) is 20.7 Å². The zero-order chi connectivity index (χ0) is 12.6. The Bertz CT molecular complexity index is 580. The number of carboxylic acids is 1. The summed E-state index contributed by atoms with van der Waals surface area (Å²) >= 11 is 6.68. The van der Waals surface area contributed by atoms with Crippen LogP contribution in [0.2, 0.25) is 5.02 Å². The number of hydrogen-bond acceptors (Lipinski definition) is 4. The van der Waals surface area contributed by atoms with Crippen molar-refractivity contribution in [3.8, 4) is 10.4 Å². The minimum atomic E-state index is -1.21. The molecular weight excluding hydrogens is 267 g/mol. The molecule has 17 heavy (non-hydrogen) atoms. The molecule has 2 rings (SSSR count). The lowest BCUT2D eigenvalue weighted by molar-refractivity contribution is 0.0692. The molecule has 4 nitrogen and oxygen atoms in total. The smallest absolute Gasteiger partial charge is 0.356 e. The first-order valence-corrected chi connectivity index (χ1v) is 5.63. The van der Waals surface area contributed by atoms with Crippen LogP contribution in [0.25, 0.3) is 10.4 Å². The zero-order valence-corrected chi connectivity index (χ0v) is 9.85. The van der Waals surface area contributed by atoms with Crippen LogP contribution in [0.15, 0.2) is 18.2 Å². The molecule has 0 radical (unpaired) electrons. The molecule has 0 atom stereocenters. The first kappa shape index (κ1) is 11.8. The van der Waals surface area contributed by atoms with Crippen LogP contribution in [0.5, 0.6) is 0 Å². The Hall–Kier alpha value is -1.66. The summed E-state index contributed by atoms with van der Waals surface area (Å²) in [7, 11) is 0. The predicted molar refractivity (Wildman–Crippen MR) is 63.9 cm³/mol. The van der Waals surface area contributed by atoms with Gasteiger partial charge in [0.25, 0.3) is 0 Å². The van der Waals surface area contributed by atoms with Crippen molar-refractivity contribution in [3.05, 3.63) is 34.7 Å². The monoisotopic (exact) mass is 272 g/mol. The van der Waals surface area contributed by atoms with Gasteiger partial charge in [-0.3, -0.25) is 0 Å². The lowest BCUT2D eigenvalue weighted by Crippen LogP contribution is -1.99. The molecule has 0 fully saturated rings. The fraction of sp³-hybridized carbons (Fsp3) is 0. The molecule has 2 aromatic rings. The molecule has 7 heteroatoms. The third-order valence-corrected chi connectivity index (χ3v) is 3.12. The van der Waals surface area contributed by atoms with Crippen molar-refractivity contribution in [2.75, 3.05) is 5.73 Å². The van der Waals surface area contributed by atoms with Gasteiger partial charge < -0.3 is 10.8 Å². The van der Waals surface area contributed by atoms with Crippen LogP contribution in [-0.2, 0) is 0 Å². The van der Waals surface area contributed by atoms with E-state index in [1.54, 1.807) is 0 Å². The summed E-state index contributed by atoms with van der Waals surface area (Å²) in [4.78, 5) is 14.9. The average Bonchev–Trinajstić information content (AvgIpc) is 2.59. The van der Waals surface area contributed by atoms with E-state index in [9.17, 15) is 9.18 Å². The first-order valence-electron chi connectivity index (χ1n) is 4.43. The highest BCUT2D eigenvalue weighted by molar-refractivity contribution is 7.19. The van der Waals surface area contributed by atoms with E-state index in [1.165, 1.54) is 12.1 Å². The van der Waals surface area contributed by atoms with Crippen LogP contribution < -0.4 is 5.73 Å². The van der Waals surface area contributed by atoms with Gasteiger partial charge >= 0.3 is 5.97 Å². The van der Waals surface area contributed by atoms with Crippen LogP contribution in [0.4, 0.5) is 9.52 Å². The number of thiazole rings is 1. The number of aromatic nitrogens is 1. The van der Waals surface area contributed by atoms with Crippen molar-refractivity contribution < 1.29 is 14.3 Å². The number of nitrogens with zero attached hydrogens (tertiary/aromatic N) is 1. The van der Waals surface area contributed by atoms with Crippen LogP contribution in [0.3, 0.4) is 0 Å². The molecule has 1 aromatic carbocycles. The lowest BCUT2D eigenvalue weighted by atomic mass is 10.1. The normalized spacial score (nSPS) is 10.5. The molecule has 1 heterocycles. The zero-order valence-electron chi connectivity index (χ0n) is 8.28. The largest absolute Gasteiger partial charge is 0.476 e. The van der Waals surface area contributed by atoms with Gasteiger partial charge in [-0.05, 0) is 23.8 Å². The summed E-state index contributed by atoms with van der Waals surface area (Å²) in [6.45, 7) is 0. The summed E-state index contributed by atoms with van der Waals surface area (Å²) in [6.07, 6.45) is 0. The van der Waals surface area contributed by atoms with Gasteiger partial charge in [-0.2, -0.15) is 0 Å². The summed E-state index contributed by atoms with van der Waals surface area (Å²) in [5.74, 6) is -1.76. The van der Waals surface area contributed by atoms with Gasteiger partial charge in [0.2, 0.25) is 0 Å². The molecule has 0 aliphatic rings. The number of halogens is 2. The fourth-order valence-electron chi connectivity index (χ4n) is 1.36. The average molecular weight is 273 g/mol. The number of rotatable bonds is 2. The van der Waals surface area contributed by atoms with E-state index in [2.05, 4.69) is 4.98 Å². The molecular formula is C10H6ClFN2O2S. The van der Waals surface area contributed by atoms with E-state index in [1.807, 2.05) is 0 Å². The highest BCUT2D eigenvalue weighted by Crippen LogP contribution is 2.33. The van der Waals surface area contributed by atoms with Crippen molar-refractivity contribution in [2.45, 2.75) is 0 Å². The number of nitrogens with two attached hydrogens (primary N) is 1. The van der Waals surface area contributed by atoms with Crippen molar-refractivity contribution in [3.63, 3.8) is 0 Å². The fourth-order valence-corrected chi connectivity index (χ4v) is 2.40. The van der Waals surface area contributed by atoms with Crippen LogP contribution in [0, 0.1) is 5.82 Å². The van der Waals surface area contributed by atoms with Gasteiger partial charge in [-0.15, -0.1) is 0 Å². The second-order valence-corrected chi connectivity index (χ2v) is 4.66. The van der Waals surface area contributed by atoms with Gasteiger partial charge in [0, 0.05) is 5.02 Å². The van der Waals surface area contributed by atoms with Gasteiger partial charge in [-0.25, -0.2) is 14.2 Å². The SMILES string of the molecule is Nc1nc(C(=O)O)c(-c2cc(F)cc(Cl)c2)s1. The maximum atomic E-state index is 13.2. The number of hydrogen-bond donors (Lipinski definition) is 2. The summed E-state index contributed by atoms with van der Waals surface area (Å²) in [5.41, 5.74) is 5.60. The molecule has 0 amide bonds. The highest BCUT2D eigenvalue weighted by atomic mass is 35.5. The molecule has 0 aliphatic heterocycles. The van der Waals surface area contributed by atoms with Crippen molar-refractivity contribution in [2.24, 2.45) is 0 Å². The predicted octanol–water partition coefficient (Wildman–Crippen LogP) is 2.88. The van der Waals surface area contributed by atoms with E-state index in [0.717, 1.165) is 17.4 Å². The first-order chi connectivity index (χ1) is 7.97. The highest BCUT2D eigenvalue weighted by Gasteiger charge is 2.18. The second-order valence-electron chi connectivity index (χ2n) is 3.19. The number of carboxylic acid groups (broad SMARTS) is 1. The van der Waals surface area contributed by atoms with Crippen molar-refractivity contribution >= 4 is 34.0 Å². The Morgan fingerprint density at radius 2 is 2.18 bits per heavy atom. The molecule has 0 aliphatic carbocycles. The minimum absolute atomic E-state index is 0.109. The third kappa shape index (κ3) is 2.37. The van der Waals surface area contributed by atoms with E-state index >= 15 is 0 Å². The van der Waals surface area contributed by atoms with Crippen LogP contribution >= 0.6 is 22.9 Å². The molecule has 3 N–H and O–H groups in total. The molecule has 0 saturated heterocycles. The minimum Gasteiger partial charge on any atom is -0.476 e. The van der Waals surface area contributed by atoms with Gasteiger partial charge in [-0.1, -0.05) is 22.9 Å². The second kappa shape index (κ2) is 4.31. The van der Waals surface area contributed by atoms with Crippen molar-refractivity contribution in [1.29, 1.82) is 0 Å². The Labute approximate surface area is 104 Å². The Kier molecular flexibility index (Phi) is 2.99. The van der Waals surface area contributed by atoms with Crippen LogP contribution in [-0.4, -0.2) is 16.1 Å². The Morgan fingerprint density at radius 3 is 2.76 bits per heavy atom. The maximum Gasteiger partial charge on any atom is 0.356 e. The number of anilines is 1. The quantitative estimate of drug-likeness (QED) is 0.881. The molecule has 0 spiro atoms. The number of nitrogen functional groups attached to an aromatic ring is 1. The Balaban J connectivity index is 2.63. The van der Waals surface area contributed by atoms with E-state index in [0.29, 0.717) is 5.56 Å².